The molecule has 8 nitrogen and oxygen atoms in total. The zero-order chi connectivity index (χ0) is 16.1. The Kier molecular flexibility index (Phi) is 4.94. The van der Waals surface area contributed by atoms with Crippen LogP contribution >= 0.6 is 0 Å². The standard InChI is InChI=1S/C15H20N6O2/c1-11(16-14(22)10-21-5-7-23-8-6-21)12-3-2-4-13(9-12)15-17-19-20-18-15/h2-4,9,11H,5-8,10H2,1H3,(H,16,22)(H,17,18,19,20). The van der Waals surface area contributed by atoms with Crippen LogP contribution in [0.5, 0.6) is 0 Å². The van der Waals surface area contributed by atoms with Crippen LogP contribution in [0.1, 0.15) is 18.5 Å². The monoisotopic (exact) mass is 316 g/mol. The van der Waals surface area contributed by atoms with Crippen molar-refractivity contribution in [1.29, 1.82) is 0 Å². The molecule has 3 rings (SSSR count). The van der Waals surface area contributed by atoms with E-state index in [1.165, 1.54) is 0 Å². The van der Waals surface area contributed by atoms with Gasteiger partial charge in [-0.05, 0) is 23.8 Å². The average Bonchev–Trinajstić information content (AvgIpc) is 3.10. The van der Waals surface area contributed by atoms with E-state index >= 15 is 0 Å². The molecule has 0 aliphatic carbocycles. The molecule has 1 amide bonds. The van der Waals surface area contributed by atoms with E-state index in [2.05, 4.69) is 30.8 Å². The first kappa shape index (κ1) is 15.6. The maximum Gasteiger partial charge on any atom is 0.234 e. The second-order valence-electron chi connectivity index (χ2n) is 5.54. The van der Waals surface area contributed by atoms with E-state index in [1.54, 1.807) is 0 Å². The van der Waals surface area contributed by atoms with Gasteiger partial charge in [0.25, 0.3) is 0 Å². The van der Waals surface area contributed by atoms with E-state index in [4.69, 9.17) is 4.74 Å². The number of rotatable bonds is 5. The highest BCUT2D eigenvalue weighted by atomic mass is 16.5. The number of ether oxygens (including phenoxy) is 1. The largest absolute Gasteiger partial charge is 0.379 e. The van der Waals surface area contributed by atoms with Crippen LogP contribution in [0, 0.1) is 0 Å². The molecule has 2 heterocycles. The molecule has 1 fully saturated rings. The molecule has 0 saturated carbocycles. The van der Waals surface area contributed by atoms with Crippen LogP contribution in [-0.4, -0.2) is 64.3 Å². The molecule has 0 bridgehead atoms. The topological polar surface area (TPSA) is 96.0 Å². The summed E-state index contributed by atoms with van der Waals surface area (Å²) in [4.78, 5) is 14.3. The second kappa shape index (κ2) is 7.30. The number of hydrogen-bond acceptors (Lipinski definition) is 6. The third-order valence-electron chi connectivity index (χ3n) is 3.84. The third-order valence-corrected chi connectivity index (χ3v) is 3.84. The summed E-state index contributed by atoms with van der Waals surface area (Å²) in [5.41, 5.74) is 1.87. The zero-order valence-corrected chi connectivity index (χ0v) is 13.0. The maximum absolute atomic E-state index is 12.2. The number of aromatic nitrogens is 4. The Labute approximate surface area is 134 Å². The molecule has 2 aromatic rings. The first-order chi connectivity index (χ1) is 11.2. The van der Waals surface area contributed by atoms with Crippen LogP contribution in [0.3, 0.4) is 0 Å². The van der Waals surface area contributed by atoms with Crippen molar-refractivity contribution in [1.82, 2.24) is 30.8 Å². The SMILES string of the molecule is CC(NC(=O)CN1CCOCC1)c1cccc(-c2nn[nH]n2)c1. The molecule has 122 valence electrons. The van der Waals surface area contributed by atoms with E-state index in [-0.39, 0.29) is 11.9 Å². The van der Waals surface area contributed by atoms with Crippen LogP contribution < -0.4 is 5.32 Å². The van der Waals surface area contributed by atoms with E-state index in [0.717, 1.165) is 24.2 Å². The smallest absolute Gasteiger partial charge is 0.234 e. The molecular formula is C15H20N6O2. The highest BCUT2D eigenvalue weighted by Gasteiger charge is 2.16. The van der Waals surface area contributed by atoms with Crippen LogP contribution in [0.4, 0.5) is 0 Å². The van der Waals surface area contributed by atoms with Crippen molar-refractivity contribution in [3.63, 3.8) is 0 Å². The summed E-state index contributed by atoms with van der Waals surface area (Å²) < 4.78 is 5.29. The van der Waals surface area contributed by atoms with Gasteiger partial charge in [0.2, 0.25) is 11.7 Å². The summed E-state index contributed by atoms with van der Waals surface area (Å²) in [6.45, 7) is 5.35. The highest BCUT2D eigenvalue weighted by Crippen LogP contribution is 2.19. The van der Waals surface area contributed by atoms with Gasteiger partial charge < -0.3 is 10.1 Å². The summed E-state index contributed by atoms with van der Waals surface area (Å²) in [5, 5.41) is 17.0. The Morgan fingerprint density at radius 3 is 3.00 bits per heavy atom. The van der Waals surface area contributed by atoms with Crippen LogP contribution in [-0.2, 0) is 9.53 Å². The van der Waals surface area contributed by atoms with Crippen molar-refractivity contribution >= 4 is 5.91 Å². The Balaban J connectivity index is 1.60. The molecule has 1 saturated heterocycles. The number of amides is 1. The summed E-state index contributed by atoms with van der Waals surface area (Å²) in [7, 11) is 0. The number of morpholine rings is 1. The number of tetrazole rings is 1. The minimum atomic E-state index is -0.0876. The predicted octanol–water partition coefficient (Wildman–Crippen LogP) is 0.376. The molecular weight excluding hydrogens is 296 g/mol. The molecule has 0 spiro atoms. The van der Waals surface area contributed by atoms with Gasteiger partial charge in [-0.3, -0.25) is 9.69 Å². The van der Waals surface area contributed by atoms with Gasteiger partial charge in [-0.1, -0.05) is 18.2 Å². The summed E-state index contributed by atoms with van der Waals surface area (Å²) >= 11 is 0. The van der Waals surface area contributed by atoms with Gasteiger partial charge in [0, 0.05) is 18.7 Å². The normalized spacial score (nSPS) is 16.9. The molecule has 23 heavy (non-hydrogen) atoms. The van der Waals surface area contributed by atoms with Gasteiger partial charge in [0.15, 0.2) is 0 Å². The van der Waals surface area contributed by atoms with Crippen molar-refractivity contribution in [2.45, 2.75) is 13.0 Å². The minimum Gasteiger partial charge on any atom is -0.379 e. The number of carbonyl (C=O) groups is 1. The molecule has 1 aromatic heterocycles. The molecule has 2 N–H and O–H groups in total. The number of hydrogen-bond donors (Lipinski definition) is 2. The van der Waals surface area contributed by atoms with Gasteiger partial charge in [-0.25, -0.2) is 0 Å². The second-order valence-corrected chi connectivity index (χ2v) is 5.54. The molecule has 1 atom stereocenters. The fraction of sp³-hybridized carbons (Fsp3) is 0.467. The van der Waals surface area contributed by atoms with Crippen LogP contribution in [0.25, 0.3) is 11.4 Å². The Morgan fingerprint density at radius 2 is 2.26 bits per heavy atom. The summed E-state index contributed by atoms with van der Waals surface area (Å²) in [6.07, 6.45) is 0. The van der Waals surface area contributed by atoms with Gasteiger partial charge in [-0.15, -0.1) is 10.2 Å². The number of nitrogens with one attached hydrogen (secondary N) is 2. The molecule has 8 heteroatoms. The fourth-order valence-electron chi connectivity index (χ4n) is 2.56. The van der Waals surface area contributed by atoms with E-state index < -0.39 is 0 Å². The fourth-order valence-corrected chi connectivity index (χ4v) is 2.56. The summed E-state index contributed by atoms with van der Waals surface area (Å²) in [6, 6.07) is 7.69. The van der Waals surface area contributed by atoms with E-state index in [9.17, 15) is 4.79 Å². The Hall–Kier alpha value is -2.32. The van der Waals surface area contributed by atoms with E-state index in [0.29, 0.717) is 25.6 Å². The maximum atomic E-state index is 12.2. The molecule has 1 unspecified atom stereocenters. The lowest BCUT2D eigenvalue weighted by atomic mass is 10.0. The minimum absolute atomic E-state index is 0.0179. The lowest BCUT2D eigenvalue weighted by Crippen LogP contribution is -2.43. The van der Waals surface area contributed by atoms with Crippen molar-refractivity contribution in [2.24, 2.45) is 0 Å². The van der Waals surface area contributed by atoms with Crippen molar-refractivity contribution < 1.29 is 9.53 Å². The molecule has 1 aliphatic rings. The molecule has 1 aliphatic heterocycles. The Bertz CT molecular complexity index is 639. The lowest BCUT2D eigenvalue weighted by molar-refractivity contribution is -0.123. The first-order valence-corrected chi connectivity index (χ1v) is 7.65. The zero-order valence-electron chi connectivity index (χ0n) is 13.0. The summed E-state index contributed by atoms with van der Waals surface area (Å²) in [5.74, 6) is 0.558. The number of nitrogens with zero attached hydrogens (tertiary/aromatic N) is 4. The van der Waals surface area contributed by atoms with Crippen molar-refractivity contribution in [2.75, 3.05) is 32.8 Å². The number of benzene rings is 1. The third kappa shape index (κ3) is 4.11. The number of carbonyl (C=O) groups excluding carboxylic acids is 1. The first-order valence-electron chi connectivity index (χ1n) is 7.65. The van der Waals surface area contributed by atoms with Crippen molar-refractivity contribution in [3.05, 3.63) is 29.8 Å². The van der Waals surface area contributed by atoms with Gasteiger partial charge in [0.05, 0.1) is 25.8 Å². The Morgan fingerprint density at radius 1 is 1.43 bits per heavy atom. The predicted molar refractivity (Wildman–Crippen MR) is 83.4 cm³/mol. The average molecular weight is 316 g/mol. The number of H-pyrrole nitrogens is 1. The number of aromatic amines is 1. The van der Waals surface area contributed by atoms with Gasteiger partial charge >= 0.3 is 0 Å². The van der Waals surface area contributed by atoms with Crippen molar-refractivity contribution in [3.8, 4) is 11.4 Å². The lowest BCUT2D eigenvalue weighted by Gasteiger charge is -2.26. The molecule has 1 aromatic carbocycles. The van der Waals surface area contributed by atoms with Crippen LogP contribution in [0.15, 0.2) is 24.3 Å². The van der Waals surface area contributed by atoms with E-state index in [1.807, 2.05) is 31.2 Å². The van der Waals surface area contributed by atoms with Gasteiger partial charge in [-0.2, -0.15) is 5.21 Å². The van der Waals surface area contributed by atoms with Crippen LogP contribution in [0.2, 0.25) is 0 Å². The quantitative estimate of drug-likeness (QED) is 0.828. The molecule has 0 radical (unpaired) electrons. The highest BCUT2D eigenvalue weighted by molar-refractivity contribution is 5.78. The van der Waals surface area contributed by atoms with Gasteiger partial charge in [0.1, 0.15) is 0 Å².